The lowest BCUT2D eigenvalue weighted by Crippen LogP contribution is -2.27. The van der Waals surface area contributed by atoms with Crippen LogP contribution >= 0.6 is 11.8 Å². The Labute approximate surface area is 115 Å². The lowest BCUT2D eigenvalue weighted by molar-refractivity contribution is 0.0319. The molecule has 0 bridgehead atoms. The Morgan fingerprint density at radius 3 is 2.94 bits per heavy atom. The molecule has 0 aromatic carbocycles. The predicted molar refractivity (Wildman–Crippen MR) is 79.4 cm³/mol. The van der Waals surface area contributed by atoms with E-state index in [1.54, 1.807) is 0 Å². The van der Waals surface area contributed by atoms with Crippen LogP contribution in [0.5, 0.6) is 0 Å². The largest absolute Gasteiger partial charge is 0.376 e. The van der Waals surface area contributed by atoms with Crippen LogP contribution in [0.25, 0.3) is 0 Å². The number of aliphatic imine (C=N–C) groups is 1. The molecule has 3 nitrogen and oxygen atoms in total. The van der Waals surface area contributed by atoms with Crippen LogP contribution in [-0.4, -0.2) is 36.2 Å². The van der Waals surface area contributed by atoms with Crippen LogP contribution in [0, 0.1) is 0 Å². The predicted octanol–water partition coefficient (Wildman–Crippen LogP) is 3.20. The Balaban J connectivity index is 1.50. The molecular formula is C14H26N2OS. The van der Waals surface area contributed by atoms with E-state index >= 15 is 0 Å². The highest BCUT2D eigenvalue weighted by atomic mass is 32.2. The van der Waals surface area contributed by atoms with Crippen molar-refractivity contribution in [1.82, 2.24) is 5.32 Å². The van der Waals surface area contributed by atoms with Crippen molar-refractivity contribution in [3.8, 4) is 0 Å². The molecule has 2 rings (SSSR count). The first-order valence-electron chi connectivity index (χ1n) is 7.45. The summed E-state index contributed by atoms with van der Waals surface area (Å²) >= 11 is 1.90. The number of ether oxygens (including phenoxy) is 1. The summed E-state index contributed by atoms with van der Waals surface area (Å²) in [6.07, 6.45) is 9.65. The molecule has 1 saturated carbocycles. The molecule has 1 N–H and O–H groups in total. The SMILES string of the molecule is CCCC1CN=C(NCCOC2CCCCC2)S1. The number of thioether (sulfide) groups is 1. The van der Waals surface area contributed by atoms with Gasteiger partial charge < -0.3 is 10.1 Å². The van der Waals surface area contributed by atoms with E-state index in [4.69, 9.17) is 4.74 Å². The third kappa shape index (κ3) is 4.81. The fraction of sp³-hybridized carbons (Fsp3) is 0.929. The van der Waals surface area contributed by atoms with E-state index in [1.165, 1.54) is 44.9 Å². The Hall–Kier alpha value is -0.220. The molecule has 0 aromatic heterocycles. The Bertz CT molecular complexity index is 265. The van der Waals surface area contributed by atoms with Crippen LogP contribution in [0.1, 0.15) is 51.9 Å². The summed E-state index contributed by atoms with van der Waals surface area (Å²) in [6, 6.07) is 0. The summed E-state index contributed by atoms with van der Waals surface area (Å²) in [5.41, 5.74) is 0. The van der Waals surface area contributed by atoms with Gasteiger partial charge in [-0.15, -0.1) is 0 Å². The highest BCUT2D eigenvalue weighted by Gasteiger charge is 2.18. The second kappa shape index (κ2) is 8.05. The van der Waals surface area contributed by atoms with Gasteiger partial charge in [-0.1, -0.05) is 44.4 Å². The molecule has 0 aromatic rings. The maximum atomic E-state index is 5.89. The van der Waals surface area contributed by atoms with E-state index in [0.29, 0.717) is 11.4 Å². The van der Waals surface area contributed by atoms with Gasteiger partial charge >= 0.3 is 0 Å². The molecule has 0 radical (unpaired) electrons. The summed E-state index contributed by atoms with van der Waals surface area (Å²) in [6.45, 7) is 4.96. The van der Waals surface area contributed by atoms with Crippen LogP contribution in [-0.2, 0) is 4.74 Å². The van der Waals surface area contributed by atoms with Gasteiger partial charge in [-0.3, -0.25) is 4.99 Å². The van der Waals surface area contributed by atoms with E-state index in [-0.39, 0.29) is 0 Å². The molecule has 0 spiro atoms. The Kier molecular flexibility index (Phi) is 6.35. The highest BCUT2D eigenvalue weighted by molar-refractivity contribution is 8.14. The normalized spacial score (nSPS) is 25.2. The second-order valence-electron chi connectivity index (χ2n) is 5.23. The van der Waals surface area contributed by atoms with Gasteiger partial charge in [0.2, 0.25) is 0 Å². The highest BCUT2D eigenvalue weighted by Crippen LogP contribution is 2.23. The van der Waals surface area contributed by atoms with E-state index < -0.39 is 0 Å². The molecule has 0 amide bonds. The number of hydrogen-bond acceptors (Lipinski definition) is 4. The fourth-order valence-corrected chi connectivity index (χ4v) is 3.76. The minimum Gasteiger partial charge on any atom is -0.376 e. The van der Waals surface area contributed by atoms with E-state index in [0.717, 1.165) is 24.9 Å². The summed E-state index contributed by atoms with van der Waals surface area (Å²) in [5, 5.41) is 5.23. The zero-order chi connectivity index (χ0) is 12.6. The van der Waals surface area contributed by atoms with Gasteiger partial charge in [0.15, 0.2) is 5.17 Å². The van der Waals surface area contributed by atoms with Gasteiger partial charge in [0.05, 0.1) is 19.3 Å². The van der Waals surface area contributed by atoms with Crippen LogP contribution in [0.4, 0.5) is 0 Å². The smallest absolute Gasteiger partial charge is 0.157 e. The zero-order valence-electron chi connectivity index (χ0n) is 11.5. The third-order valence-corrected chi connectivity index (χ3v) is 4.83. The summed E-state index contributed by atoms with van der Waals surface area (Å²) in [5.74, 6) is 0. The van der Waals surface area contributed by atoms with Crippen LogP contribution in [0.3, 0.4) is 0 Å². The Morgan fingerprint density at radius 1 is 1.33 bits per heavy atom. The van der Waals surface area contributed by atoms with Gasteiger partial charge in [0.1, 0.15) is 0 Å². The first-order chi connectivity index (χ1) is 8.88. The molecule has 0 saturated heterocycles. The molecule has 1 fully saturated rings. The van der Waals surface area contributed by atoms with Gasteiger partial charge in [0, 0.05) is 11.8 Å². The van der Waals surface area contributed by atoms with E-state index in [1.807, 2.05) is 11.8 Å². The summed E-state index contributed by atoms with van der Waals surface area (Å²) in [7, 11) is 0. The van der Waals surface area contributed by atoms with Crippen LogP contribution in [0.2, 0.25) is 0 Å². The number of amidine groups is 1. The molecule has 1 unspecified atom stereocenters. The fourth-order valence-electron chi connectivity index (χ4n) is 2.60. The maximum Gasteiger partial charge on any atom is 0.157 e. The van der Waals surface area contributed by atoms with Gasteiger partial charge in [-0.25, -0.2) is 0 Å². The molecule has 2 aliphatic rings. The van der Waals surface area contributed by atoms with E-state index in [2.05, 4.69) is 17.2 Å². The monoisotopic (exact) mass is 270 g/mol. The maximum absolute atomic E-state index is 5.89. The first kappa shape index (κ1) is 14.2. The molecule has 1 heterocycles. The standard InChI is InChI=1S/C14H26N2OS/c1-2-6-13-11-16-14(18-13)15-9-10-17-12-7-4-3-5-8-12/h12-13H,2-11H2,1H3,(H,15,16). The van der Waals surface area contributed by atoms with E-state index in [9.17, 15) is 0 Å². The van der Waals surface area contributed by atoms with Crippen molar-refractivity contribution < 1.29 is 4.74 Å². The first-order valence-corrected chi connectivity index (χ1v) is 8.33. The van der Waals surface area contributed by atoms with Crippen molar-refractivity contribution in [2.24, 2.45) is 4.99 Å². The zero-order valence-corrected chi connectivity index (χ0v) is 12.3. The van der Waals surface area contributed by atoms with Gasteiger partial charge in [0.25, 0.3) is 0 Å². The molecule has 104 valence electrons. The average Bonchev–Trinajstić information content (AvgIpc) is 2.84. The third-order valence-electron chi connectivity index (χ3n) is 3.61. The van der Waals surface area contributed by atoms with Crippen molar-refractivity contribution in [3.63, 3.8) is 0 Å². The summed E-state index contributed by atoms with van der Waals surface area (Å²) in [4.78, 5) is 4.53. The van der Waals surface area contributed by atoms with Crippen LogP contribution < -0.4 is 5.32 Å². The molecule has 4 heteroatoms. The van der Waals surface area contributed by atoms with Gasteiger partial charge in [-0.2, -0.15) is 0 Å². The molecule has 1 atom stereocenters. The summed E-state index contributed by atoms with van der Waals surface area (Å²) < 4.78 is 5.89. The average molecular weight is 270 g/mol. The number of hydrogen-bond donors (Lipinski definition) is 1. The lowest BCUT2D eigenvalue weighted by Gasteiger charge is -2.22. The second-order valence-corrected chi connectivity index (χ2v) is 6.52. The van der Waals surface area contributed by atoms with Crippen molar-refractivity contribution in [2.75, 3.05) is 19.7 Å². The number of nitrogens with one attached hydrogen (secondary N) is 1. The quantitative estimate of drug-likeness (QED) is 0.753. The van der Waals surface area contributed by atoms with Crippen molar-refractivity contribution in [3.05, 3.63) is 0 Å². The molecule has 1 aliphatic heterocycles. The Morgan fingerprint density at radius 2 is 2.17 bits per heavy atom. The topological polar surface area (TPSA) is 33.6 Å². The van der Waals surface area contributed by atoms with Crippen molar-refractivity contribution in [1.29, 1.82) is 0 Å². The van der Waals surface area contributed by atoms with Crippen LogP contribution in [0.15, 0.2) is 4.99 Å². The molecule has 18 heavy (non-hydrogen) atoms. The molecular weight excluding hydrogens is 244 g/mol. The lowest BCUT2D eigenvalue weighted by atomic mass is 9.98. The van der Waals surface area contributed by atoms with Crippen molar-refractivity contribution >= 4 is 16.9 Å². The number of rotatable bonds is 6. The minimum atomic E-state index is 0.520. The minimum absolute atomic E-state index is 0.520. The van der Waals surface area contributed by atoms with Crippen molar-refractivity contribution in [2.45, 2.75) is 63.2 Å². The van der Waals surface area contributed by atoms with Gasteiger partial charge in [-0.05, 0) is 19.3 Å². The number of nitrogens with zero attached hydrogens (tertiary/aromatic N) is 1. The molecule has 1 aliphatic carbocycles.